The van der Waals surface area contributed by atoms with Crippen molar-refractivity contribution in [1.82, 2.24) is 19.5 Å². The second-order valence-electron chi connectivity index (χ2n) is 9.07. The standard InChI is InChI=1S/C26H31N5O3S/c1-17(13-33-14-19-9-10-35-15-19)25-29-23-24(27)28-16-31(26(23)30-25)12-18-7-8-21(32-2)22(11-18)34-20-5-3-4-6-20/h7-11,15-17,20H,3-6,12-14,27H2,1-2H3. The van der Waals surface area contributed by atoms with E-state index in [0.717, 1.165) is 29.9 Å². The largest absolute Gasteiger partial charge is 0.493 e. The van der Waals surface area contributed by atoms with Gasteiger partial charge in [0.2, 0.25) is 0 Å². The molecule has 1 aliphatic carbocycles. The van der Waals surface area contributed by atoms with Gasteiger partial charge < -0.3 is 24.5 Å². The van der Waals surface area contributed by atoms with E-state index in [1.807, 2.05) is 22.8 Å². The minimum Gasteiger partial charge on any atom is -0.493 e. The van der Waals surface area contributed by atoms with Crippen LogP contribution in [0.25, 0.3) is 11.5 Å². The van der Waals surface area contributed by atoms with Gasteiger partial charge in [-0.1, -0.05) is 13.0 Å². The van der Waals surface area contributed by atoms with Crippen molar-refractivity contribution in [2.24, 2.45) is 0 Å². The highest BCUT2D eigenvalue weighted by molar-refractivity contribution is 7.07. The molecule has 1 unspecified atom stereocenters. The topological polar surface area (TPSA) is 97.3 Å². The smallest absolute Gasteiger partial charge is 0.166 e. The monoisotopic (exact) mass is 493 g/mol. The van der Waals surface area contributed by atoms with Crippen LogP contribution >= 0.6 is 11.3 Å². The first kappa shape index (κ1) is 23.6. The van der Waals surface area contributed by atoms with Crippen molar-refractivity contribution >= 4 is 17.2 Å². The maximum Gasteiger partial charge on any atom is 0.166 e. The zero-order chi connectivity index (χ0) is 24.2. The van der Waals surface area contributed by atoms with Crippen molar-refractivity contribution in [3.05, 3.63) is 58.3 Å². The molecule has 1 saturated carbocycles. The summed E-state index contributed by atoms with van der Waals surface area (Å²) < 4.78 is 19.7. The van der Waals surface area contributed by atoms with E-state index in [1.54, 1.807) is 24.8 Å². The van der Waals surface area contributed by atoms with Gasteiger partial charge in [0.05, 0.1) is 39.3 Å². The van der Waals surface area contributed by atoms with E-state index in [9.17, 15) is 0 Å². The molecule has 0 amide bonds. The Morgan fingerprint density at radius 1 is 1.14 bits per heavy atom. The summed E-state index contributed by atoms with van der Waals surface area (Å²) in [5, 5.41) is 4.15. The molecular formula is C26H31N5O3S. The van der Waals surface area contributed by atoms with Crippen LogP contribution in [-0.2, 0) is 17.9 Å². The highest BCUT2D eigenvalue weighted by Crippen LogP contribution is 2.33. The molecule has 2 aromatic rings. The Hall–Kier alpha value is -3.17. The number of aromatic nitrogens is 4. The van der Waals surface area contributed by atoms with Crippen LogP contribution in [0.4, 0.5) is 5.82 Å². The molecule has 3 aliphatic rings. The fourth-order valence-corrected chi connectivity index (χ4v) is 5.06. The van der Waals surface area contributed by atoms with Crippen molar-refractivity contribution < 1.29 is 14.2 Å². The number of rotatable bonds is 10. The van der Waals surface area contributed by atoms with Crippen LogP contribution in [0.1, 0.15) is 55.5 Å². The molecule has 3 heterocycles. The lowest BCUT2D eigenvalue weighted by Gasteiger charge is -2.17. The zero-order valence-electron chi connectivity index (χ0n) is 20.1. The molecule has 35 heavy (non-hydrogen) atoms. The summed E-state index contributed by atoms with van der Waals surface area (Å²) >= 11 is 1.67. The first-order valence-electron chi connectivity index (χ1n) is 12.0. The van der Waals surface area contributed by atoms with E-state index in [4.69, 9.17) is 29.9 Å². The molecule has 0 radical (unpaired) electrons. The van der Waals surface area contributed by atoms with Gasteiger partial charge in [0.25, 0.3) is 0 Å². The van der Waals surface area contributed by atoms with Crippen molar-refractivity contribution in [3.8, 4) is 23.0 Å². The molecule has 9 heteroatoms. The van der Waals surface area contributed by atoms with Crippen LogP contribution < -0.4 is 15.2 Å². The van der Waals surface area contributed by atoms with Crippen LogP contribution in [0.5, 0.6) is 11.5 Å². The molecular weight excluding hydrogens is 462 g/mol. The summed E-state index contributed by atoms with van der Waals surface area (Å²) in [7, 11) is 1.67. The van der Waals surface area contributed by atoms with Crippen molar-refractivity contribution in [1.29, 1.82) is 0 Å². The Morgan fingerprint density at radius 2 is 2.00 bits per heavy atom. The minimum atomic E-state index is 0.0290. The Kier molecular flexibility index (Phi) is 7.15. The first-order chi connectivity index (χ1) is 17.1. The summed E-state index contributed by atoms with van der Waals surface area (Å²) in [5.74, 6) is 3.35. The van der Waals surface area contributed by atoms with Crippen LogP contribution in [0.2, 0.25) is 0 Å². The molecule has 184 valence electrons. The number of ether oxygens (including phenoxy) is 3. The highest BCUT2D eigenvalue weighted by atomic mass is 32.1. The summed E-state index contributed by atoms with van der Waals surface area (Å²) in [4.78, 5) is 13.9. The van der Waals surface area contributed by atoms with E-state index in [-0.39, 0.29) is 12.0 Å². The third kappa shape index (κ3) is 5.41. The van der Waals surface area contributed by atoms with Gasteiger partial charge in [-0.15, -0.1) is 0 Å². The molecule has 0 spiro atoms. The summed E-state index contributed by atoms with van der Waals surface area (Å²) in [6.45, 7) is 3.74. The zero-order valence-corrected chi connectivity index (χ0v) is 21.0. The van der Waals surface area contributed by atoms with Gasteiger partial charge >= 0.3 is 0 Å². The second kappa shape index (κ2) is 10.6. The molecule has 2 aliphatic heterocycles. The van der Waals surface area contributed by atoms with Crippen LogP contribution in [-0.4, -0.2) is 39.3 Å². The van der Waals surface area contributed by atoms with Gasteiger partial charge in [-0.05, 0) is 65.8 Å². The Labute approximate surface area is 209 Å². The minimum absolute atomic E-state index is 0.0290. The molecule has 0 saturated heterocycles. The highest BCUT2D eigenvalue weighted by Gasteiger charge is 2.23. The van der Waals surface area contributed by atoms with Crippen LogP contribution in [0.15, 0.2) is 41.4 Å². The second-order valence-corrected chi connectivity index (χ2v) is 9.85. The number of hydrogen-bond acceptors (Lipinski definition) is 8. The number of methoxy groups -OCH3 is 1. The number of nitrogens with two attached hydrogens (primary N) is 1. The van der Waals surface area contributed by atoms with E-state index in [0.29, 0.717) is 42.9 Å². The van der Waals surface area contributed by atoms with Gasteiger partial charge in [0, 0.05) is 5.92 Å². The molecule has 0 bridgehead atoms. The average Bonchev–Trinajstić information content (AvgIpc) is 3.63. The SMILES string of the molecule is COc1ccc(Cn2cnc(N)c3nc(C(C)COCc4ccsc4)nc2-3)cc1OC1CCCC1. The maximum atomic E-state index is 6.27. The van der Waals surface area contributed by atoms with Crippen molar-refractivity contribution in [3.63, 3.8) is 0 Å². The predicted octanol–water partition coefficient (Wildman–Crippen LogP) is 5.12. The number of fused-ring (bicyclic) bond motifs is 1. The van der Waals surface area contributed by atoms with Crippen LogP contribution in [0, 0.1) is 0 Å². The maximum absolute atomic E-state index is 6.27. The quantitative estimate of drug-likeness (QED) is 0.327. The number of thiophene rings is 1. The fourth-order valence-electron chi connectivity index (χ4n) is 4.40. The summed E-state index contributed by atoms with van der Waals surface area (Å²) in [6.07, 6.45) is 6.58. The lowest BCUT2D eigenvalue weighted by molar-refractivity contribution is 0.109. The number of imidazole rings is 1. The molecule has 1 aromatic heterocycles. The number of benzene rings is 1. The molecule has 1 aromatic carbocycles. The summed E-state index contributed by atoms with van der Waals surface area (Å²) in [6, 6.07) is 8.11. The molecule has 1 fully saturated rings. The lowest BCUT2D eigenvalue weighted by atomic mass is 10.2. The third-order valence-electron chi connectivity index (χ3n) is 6.34. The van der Waals surface area contributed by atoms with Crippen molar-refractivity contribution in [2.45, 2.75) is 57.8 Å². The van der Waals surface area contributed by atoms with Gasteiger partial charge in [0.15, 0.2) is 28.8 Å². The number of hydrogen-bond donors (Lipinski definition) is 1. The Balaban J connectivity index is 1.34. The predicted molar refractivity (Wildman–Crippen MR) is 136 cm³/mol. The molecule has 1 atom stereocenters. The number of nitrogen functional groups attached to an aromatic ring is 1. The Morgan fingerprint density at radius 3 is 2.77 bits per heavy atom. The number of nitrogens with zero attached hydrogens (tertiary/aromatic N) is 4. The van der Waals surface area contributed by atoms with Crippen molar-refractivity contribution in [2.75, 3.05) is 19.5 Å². The molecule has 8 nitrogen and oxygen atoms in total. The van der Waals surface area contributed by atoms with Crippen LogP contribution in [0.3, 0.4) is 0 Å². The van der Waals surface area contributed by atoms with Gasteiger partial charge in [-0.25, -0.2) is 15.0 Å². The van der Waals surface area contributed by atoms with E-state index < -0.39 is 0 Å². The van der Waals surface area contributed by atoms with Gasteiger partial charge in [-0.2, -0.15) is 11.3 Å². The van der Waals surface area contributed by atoms with E-state index >= 15 is 0 Å². The van der Waals surface area contributed by atoms with Gasteiger partial charge in [-0.3, -0.25) is 0 Å². The molecule has 2 N–H and O–H groups in total. The van der Waals surface area contributed by atoms with Gasteiger partial charge in [0.1, 0.15) is 5.82 Å². The third-order valence-corrected chi connectivity index (χ3v) is 7.08. The average molecular weight is 494 g/mol. The normalized spacial score (nSPS) is 15.0. The van der Waals surface area contributed by atoms with E-state index in [1.165, 1.54) is 18.4 Å². The Bertz CT molecular complexity index is 1220. The fraction of sp³-hybridized carbons (Fsp3) is 0.423. The summed E-state index contributed by atoms with van der Waals surface area (Å²) in [5.41, 5.74) is 9.01. The lowest BCUT2D eigenvalue weighted by Crippen LogP contribution is -2.12. The van der Waals surface area contributed by atoms with E-state index in [2.05, 4.69) is 28.7 Å². The number of anilines is 1. The first-order valence-corrected chi connectivity index (χ1v) is 13.0. The molecule has 5 rings (SSSR count).